The van der Waals surface area contributed by atoms with E-state index >= 15 is 0 Å². The summed E-state index contributed by atoms with van der Waals surface area (Å²) >= 11 is 0. The number of carbonyl (C=O) groups excluding carboxylic acids is 2. The van der Waals surface area contributed by atoms with Gasteiger partial charge in [-0.2, -0.15) is 4.31 Å². The highest BCUT2D eigenvalue weighted by molar-refractivity contribution is 7.89. The summed E-state index contributed by atoms with van der Waals surface area (Å²) in [4.78, 5) is 28.2. The van der Waals surface area contributed by atoms with E-state index in [0.717, 1.165) is 19.6 Å². The van der Waals surface area contributed by atoms with Crippen molar-refractivity contribution in [1.82, 2.24) is 19.4 Å². The summed E-state index contributed by atoms with van der Waals surface area (Å²) < 4.78 is 27.2. The molecule has 1 aromatic carbocycles. The van der Waals surface area contributed by atoms with Crippen LogP contribution in [0.1, 0.15) is 44.0 Å². The maximum atomic E-state index is 12.9. The Bertz CT molecular complexity index is 879. The monoisotopic (exact) mass is 450 g/mol. The van der Waals surface area contributed by atoms with Gasteiger partial charge in [-0.1, -0.05) is 6.92 Å². The van der Waals surface area contributed by atoms with E-state index in [1.165, 1.54) is 36.2 Å². The van der Waals surface area contributed by atoms with Gasteiger partial charge in [-0.15, -0.1) is 0 Å². The molecule has 2 fully saturated rings. The van der Waals surface area contributed by atoms with Gasteiger partial charge < -0.3 is 15.1 Å². The summed E-state index contributed by atoms with van der Waals surface area (Å²) in [7, 11) is -3.64. The van der Waals surface area contributed by atoms with Crippen LogP contribution in [0, 0.1) is 5.92 Å². The molecule has 2 aliphatic heterocycles. The number of hydrogen-bond acceptors (Lipinski definition) is 5. The average molecular weight is 451 g/mol. The van der Waals surface area contributed by atoms with Gasteiger partial charge in [0.1, 0.15) is 0 Å². The maximum absolute atomic E-state index is 12.9. The minimum absolute atomic E-state index is 0.0128. The van der Waals surface area contributed by atoms with Crippen molar-refractivity contribution in [3.05, 3.63) is 29.8 Å². The number of hydrogen-bond donors (Lipinski definition) is 1. The second kappa shape index (κ2) is 10.1. The lowest BCUT2D eigenvalue weighted by molar-refractivity contribution is -0.129. The maximum Gasteiger partial charge on any atom is 0.251 e. The Morgan fingerprint density at radius 2 is 1.74 bits per heavy atom. The minimum Gasteiger partial charge on any atom is -0.348 e. The van der Waals surface area contributed by atoms with Crippen molar-refractivity contribution >= 4 is 21.8 Å². The number of nitrogens with zero attached hydrogens (tertiary/aromatic N) is 3. The number of benzene rings is 1. The predicted molar refractivity (Wildman–Crippen MR) is 119 cm³/mol. The highest BCUT2D eigenvalue weighted by atomic mass is 32.2. The third kappa shape index (κ3) is 6.05. The molecular formula is C22H34N4O4S. The first-order valence-electron chi connectivity index (χ1n) is 11.1. The number of sulfonamides is 1. The molecule has 2 heterocycles. The fourth-order valence-electron chi connectivity index (χ4n) is 4.36. The first kappa shape index (κ1) is 23.7. The average Bonchev–Trinajstić information content (AvgIpc) is 2.73. The smallest absolute Gasteiger partial charge is 0.251 e. The number of rotatable bonds is 6. The quantitative estimate of drug-likeness (QED) is 0.707. The zero-order valence-corrected chi connectivity index (χ0v) is 19.5. The van der Waals surface area contributed by atoms with Gasteiger partial charge in [0.2, 0.25) is 15.9 Å². The molecule has 0 bridgehead atoms. The van der Waals surface area contributed by atoms with Crippen molar-refractivity contribution in [3.63, 3.8) is 0 Å². The van der Waals surface area contributed by atoms with Crippen LogP contribution in [0.2, 0.25) is 0 Å². The number of amides is 2. The van der Waals surface area contributed by atoms with E-state index in [2.05, 4.69) is 17.1 Å². The van der Waals surface area contributed by atoms with E-state index in [4.69, 9.17) is 0 Å². The molecule has 172 valence electrons. The van der Waals surface area contributed by atoms with Gasteiger partial charge in [-0.3, -0.25) is 9.59 Å². The van der Waals surface area contributed by atoms with Gasteiger partial charge in [0, 0.05) is 57.8 Å². The Labute approximate surface area is 185 Å². The summed E-state index contributed by atoms with van der Waals surface area (Å²) in [6.07, 6.45) is 2.46. The van der Waals surface area contributed by atoms with Crippen molar-refractivity contribution in [2.45, 2.75) is 44.6 Å². The molecule has 31 heavy (non-hydrogen) atoms. The first-order valence-corrected chi connectivity index (χ1v) is 12.5. The highest BCUT2D eigenvalue weighted by Crippen LogP contribution is 2.19. The molecule has 1 N–H and O–H groups in total. The summed E-state index contributed by atoms with van der Waals surface area (Å²) in [5.41, 5.74) is 0.444. The van der Waals surface area contributed by atoms with E-state index < -0.39 is 10.0 Å². The second-order valence-electron chi connectivity index (χ2n) is 8.82. The third-order valence-electron chi connectivity index (χ3n) is 6.09. The van der Waals surface area contributed by atoms with Crippen LogP contribution in [-0.2, 0) is 14.8 Å². The molecule has 0 saturated carbocycles. The Balaban J connectivity index is 1.56. The van der Waals surface area contributed by atoms with Crippen LogP contribution in [0.25, 0.3) is 0 Å². The molecule has 8 nitrogen and oxygen atoms in total. The zero-order chi connectivity index (χ0) is 22.6. The molecule has 2 amide bonds. The van der Waals surface area contributed by atoms with E-state index in [1.54, 1.807) is 17.0 Å². The van der Waals surface area contributed by atoms with Crippen molar-refractivity contribution in [2.75, 3.05) is 45.8 Å². The fourth-order valence-corrected chi connectivity index (χ4v) is 5.79. The Morgan fingerprint density at radius 3 is 2.32 bits per heavy atom. The molecule has 2 saturated heterocycles. The van der Waals surface area contributed by atoms with Crippen molar-refractivity contribution in [3.8, 4) is 0 Å². The summed E-state index contributed by atoms with van der Waals surface area (Å²) in [6, 6.07) is 6.10. The topological polar surface area (TPSA) is 90.0 Å². The van der Waals surface area contributed by atoms with Crippen molar-refractivity contribution in [2.24, 2.45) is 5.92 Å². The summed E-state index contributed by atoms with van der Waals surface area (Å²) in [5.74, 6) is 0.449. The van der Waals surface area contributed by atoms with Gasteiger partial charge in [-0.05, 0) is 56.5 Å². The lowest BCUT2D eigenvalue weighted by Crippen LogP contribution is -2.49. The lowest BCUT2D eigenvalue weighted by atomic mass is 10.00. The zero-order valence-electron chi connectivity index (χ0n) is 18.7. The summed E-state index contributed by atoms with van der Waals surface area (Å²) in [5, 5.41) is 3.02. The number of piperazine rings is 1. The van der Waals surface area contributed by atoms with E-state index in [-0.39, 0.29) is 35.8 Å². The number of likely N-dealkylation sites (tertiary alicyclic amines) is 1. The minimum atomic E-state index is -3.64. The SMILES string of the molecule is CC(=O)N1CCN(S(=O)(=O)c2ccc(C(=O)NC(C)CN3CCCC(C)C3)cc2)CC1. The standard InChI is InChI=1S/C22H34N4O4S/c1-17-5-4-10-24(15-17)16-18(2)23-22(28)20-6-8-21(9-7-20)31(29,30)26-13-11-25(12-14-26)19(3)27/h6-9,17-18H,4-5,10-16H2,1-3H3,(H,23,28). The van der Waals surface area contributed by atoms with Crippen LogP contribution < -0.4 is 5.32 Å². The van der Waals surface area contributed by atoms with Gasteiger partial charge in [0.05, 0.1) is 4.90 Å². The first-order chi connectivity index (χ1) is 14.7. The predicted octanol–water partition coefficient (Wildman–Crippen LogP) is 1.39. The summed E-state index contributed by atoms with van der Waals surface area (Å²) in [6.45, 7) is 10.0. The molecule has 9 heteroatoms. The number of piperidine rings is 1. The van der Waals surface area contributed by atoms with Crippen LogP contribution in [0.4, 0.5) is 0 Å². The number of nitrogens with one attached hydrogen (secondary N) is 1. The van der Waals surface area contributed by atoms with Gasteiger partial charge in [0.25, 0.3) is 5.91 Å². The Kier molecular flexibility index (Phi) is 7.72. The molecule has 1 aromatic rings. The normalized spacial score (nSPS) is 22.2. The van der Waals surface area contributed by atoms with Gasteiger partial charge in [-0.25, -0.2) is 8.42 Å². The molecular weight excluding hydrogens is 416 g/mol. The number of carbonyl (C=O) groups is 2. The van der Waals surface area contributed by atoms with Crippen molar-refractivity contribution in [1.29, 1.82) is 0 Å². The van der Waals surface area contributed by atoms with Gasteiger partial charge >= 0.3 is 0 Å². The third-order valence-corrected chi connectivity index (χ3v) is 8.00. The molecule has 3 rings (SSSR count). The van der Waals surface area contributed by atoms with Gasteiger partial charge in [0.15, 0.2) is 0 Å². The van der Waals surface area contributed by atoms with E-state index in [9.17, 15) is 18.0 Å². The van der Waals surface area contributed by atoms with Crippen LogP contribution in [-0.4, -0.2) is 86.2 Å². The van der Waals surface area contributed by atoms with E-state index in [1.807, 2.05) is 6.92 Å². The molecule has 2 unspecified atom stereocenters. The molecule has 2 atom stereocenters. The molecule has 0 aliphatic carbocycles. The molecule has 2 aliphatic rings. The molecule has 0 spiro atoms. The van der Waals surface area contributed by atoms with Crippen LogP contribution in [0.3, 0.4) is 0 Å². The highest BCUT2D eigenvalue weighted by Gasteiger charge is 2.29. The second-order valence-corrected chi connectivity index (χ2v) is 10.8. The van der Waals surface area contributed by atoms with Crippen LogP contribution in [0.15, 0.2) is 29.2 Å². The fraction of sp³-hybridized carbons (Fsp3) is 0.636. The molecule has 0 radical (unpaired) electrons. The van der Waals surface area contributed by atoms with Crippen molar-refractivity contribution < 1.29 is 18.0 Å². The Morgan fingerprint density at radius 1 is 1.10 bits per heavy atom. The Hall–Kier alpha value is -1.97. The molecule has 0 aromatic heterocycles. The lowest BCUT2D eigenvalue weighted by Gasteiger charge is -2.33. The van der Waals surface area contributed by atoms with Crippen LogP contribution in [0.5, 0.6) is 0 Å². The van der Waals surface area contributed by atoms with E-state index in [0.29, 0.717) is 24.6 Å². The van der Waals surface area contributed by atoms with Crippen LogP contribution >= 0.6 is 0 Å². The largest absolute Gasteiger partial charge is 0.348 e.